The second-order valence-corrected chi connectivity index (χ2v) is 5.37. The van der Waals surface area contributed by atoms with Gasteiger partial charge in [0.05, 0.1) is 6.21 Å². The molecule has 0 aliphatic rings. The van der Waals surface area contributed by atoms with E-state index >= 15 is 0 Å². The Kier molecular flexibility index (Phi) is 5.36. The number of phenolic OH excluding ortho intramolecular Hbond substituents is 1. The van der Waals surface area contributed by atoms with Gasteiger partial charge in [0.25, 0.3) is 5.91 Å². The van der Waals surface area contributed by atoms with Gasteiger partial charge in [-0.1, -0.05) is 29.8 Å². The first-order valence-corrected chi connectivity index (χ1v) is 7.28. The Morgan fingerprint density at radius 3 is 2.52 bits per heavy atom. The summed E-state index contributed by atoms with van der Waals surface area (Å²) in [5.74, 6) is 0.458. The van der Waals surface area contributed by atoms with Crippen molar-refractivity contribution in [3.63, 3.8) is 0 Å². The van der Waals surface area contributed by atoms with Crippen molar-refractivity contribution < 1.29 is 14.6 Å². The predicted octanol–water partition coefficient (Wildman–Crippen LogP) is 2.85. The summed E-state index contributed by atoms with van der Waals surface area (Å²) in [5.41, 5.74) is 6.04. The molecular formula is C18H20N2O3. The summed E-state index contributed by atoms with van der Waals surface area (Å²) in [4.78, 5) is 11.8. The van der Waals surface area contributed by atoms with E-state index in [1.807, 2.05) is 32.9 Å². The van der Waals surface area contributed by atoms with Gasteiger partial charge in [-0.15, -0.1) is 0 Å². The molecule has 0 unspecified atom stereocenters. The highest BCUT2D eigenvalue weighted by atomic mass is 16.5. The molecule has 0 heterocycles. The van der Waals surface area contributed by atoms with Gasteiger partial charge in [-0.25, -0.2) is 5.43 Å². The van der Waals surface area contributed by atoms with Gasteiger partial charge in [0.1, 0.15) is 11.5 Å². The maximum Gasteiger partial charge on any atom is 0.277 e. The summed E-state index contributed by atoms with van der Waals surface area (Å²) in [6.07, 6.45) is 1.38. The zero-order valence-electron chi connectivity index (χ0n) is 13.5. The van der Waals surface area contributed by atoms with Crippen LogP contribution in [0.25, 0.3) is 0 Å². The van der Waals surface area contributed by atoms with Crippen molar-refractivity contribution in [3.05, 3.63) is 58.7 Å². The van der Waals surface area contributed by atoms with Crippen molar-refractivity contribution in [1.29, 1.82) is 0 Å². The van der Waals surface area contributed by atoms with Crippen LogP contribution in [0.5, 0.6) is 11.5 Å². The molecule has 0 spiro atoms. The van der Waals surface area contributed by atoms with E-state index in [1.54, 1.807) is 24.3 Å². The number of rotatable bonds is 5. The molecule has 0 aliphatic heterocycles. The highest BCUT2D eigenvalue weighted by Gasteiger charge is 2.07. The number of aryl methyl sites for hydroxylation is 3. The quantitative estimate of drug-likeness (QED) is 0.659. The summed E-state index contributed by atoms with van der Waals surface area (Å²) >= 11 is 0. The zero-order chi connectivity index (χ0) is 16.8. The zero-order valence-corrected chi connectivity index (χ0v) is 13.5. The molecule has 0 aliphatic carbocycles. The average molecular weight is 312 g/mol. The van der Waals surface area contributed by atoms with Crippen molar-refractivity contribution in [2.75, 3.05) is 6.61 Å². The average Bonchev–Trinajstić information content (AvgIpc) is 2.48. The van der Waals surface area contributed by atoms with Crippen molar-refractivity contribution in [2.24, 2.45) is 5.10 Å². The first-order valence-electron chi connectivity index (χ1n) is 7.28. The van der Waals surface area contributed by atoms with Crippen LogP contribution in [0.15, 0.2) is 41.5 Å². The van der Waals surface area contributed by atoms with Crippen molar-refractivity contribution >= 4 is 12.1 Å². The van der Waals surface area contributed by atoms with Crippen LogP contribution in [0.4, 0.5) is 0 Å². The maximum atomic E-state index is 11.8. The van der Waals surface area contributed by atoms with Gasteiger partial charge in [-0.3, -0.25) is 4.79 Å². The molecule has 120 valence electrons. The van der Waals surface area contributed by atoms with Crippen LogP contribution in [-0.4, -0.2) is 23.8 Å². The third-order valence-electron chi connectivity index (χ3n) is 3.28. The number of hydrazone groups is 1. The van der Waals surface area contributed by atoms with Crippen LogP contribution >= 0.6 is 0 Å². The van der Waals surface area contributed by atoms with Crippen LogP contribution in [-0.2, 0) is 4.79 Å². The Bertz CT molecular complexity index is 716. The van der Waals surface area contributed by atoms with E-state index in [-0.39, 0.29) is 18.3 Å². The molecule has 23 heavy (non-hydrogen) atoms. The van der Waals surface area contributed by atoms with E-state index in [0.717, 1.165) is 22.4 Å². The second kappa shape index (κ2) is 7.45. The van der Waals surface area contributed by atoms with Gasteiger partial charge in [0.15, 0.2) is 6.61 Å². The number of hydrogen-bond donors (Lipinski definition) is 2. The van der Waals surface area contributed by atoms with Crippen molar-refractivity contribution in [2.45, 2.75) is 20.8 Å². The third-order valence-corrected chi connectivity index (χ3v) is 3.28. The van der Waals surface area contributed by atoms with E-state index in [4.69, 9.17) is 4.74 Å². The number of hydrogen-bond acceptors (Lipinski definition) is 4. The number of phenols is 1. The number of carbonyl (C=O) groups excluding carboxylic acids is 1. The van der Waals surface area contributed by atoms with Crippen LogP contribution < -0.4 is 10.2 Å². The SMILES string of the molecule is Cc1cc(C)c(OCC(=O)N/N=C\c2ccccc2O)c(C)c1. The first kappa shape index (κ1) is 16.5. The van der Waals surface area contributed by atoms with E-state index in [9.17, 15) is 9.90 Å². The Hall–Kier alpha value is -2.82. The molecule has 1 amide bonds. The van der Waals surface area contributed by atoms with Crippen molar-refractivity contribution in [1.82, 2.24) is 5.43 Å². The van der Waals surface area contributed by atoms with Crippen LogP contribution in [0.3, 0.4) is 0 Å². The van der Waals surface area contributed by atoms with Gasteiger partial charge in [-0.2, -0.15) is 5.10 Å². The number of para-hydroxylation sites is 1. The number of ether oxygens (including phenoxy) is 1. The van der Waals surface area contributed by atoms with Gasteiger partial charge >= 0.3 is 0 Å². The third kappa shape index (κ3) is 4.57. The lowest BCUT2D eigenvalue weighted by molar-refractivity contribution is -0.123. The number of nitrogens with zero attached hydrogens (tertiary/aromatic N) is 1. The van der Waals surface area contributed by atoms with Gasteiger partial charge < -0.3 is 9.84 Å². The maximum absolute atomic E-state index is 11.8. The molecule has 0 saturated carbocycles. The lowest BCUT2D eigenvalue weighted by atomic mass is 10.1. The van der Waals surface area contributed by atoms with E-state index in [0.29, 0.717) is 5.56 Å². The number of benzene rings is 2. The van der Waals surface area contributed by atoms with E-state index in [1.165, 1.54) is 6.21 Å². The minimum absolute atomic E-state index is 0.104. The van der Waals surface area contributed by atoms with Crippen LogP contribution in [0, 0.1) is 20.8 Å². The normalized spacial score (nSPS) is 10.7. The fourth-order valence-electron chi connectivity index (χ4n) is 2.33. The molecule has 0 aromatic heterocycles. The fourth-order valence-corrected chi connectivity index (χ4v) is 2.33. The van der Waals surface area contributed by atoms with Crippen LogP contribution in [0.2, 0.25) is 0 Å². The highest BCUT2D eigenvalue weighted by Crippen LogP contribution is 2.24. The molecule has 0 fully saturated rings. The molecule has 0 radical (unpaired) electrons. The lowest BCUT2D eigenvalue weighted by Crippen LogP contribution is -2.25. The Labute approximate surface area is 135 Å². The summed E-state index contributed by atoms with van der Waals surface area (Å²) < 4.78 is 5.58. The molecule has 2 rings (SSSR count). The molecule has 0 saturated heterocycles. The van der Waals surface area contributed by atoms with Gasteiger partial charge in [0, 0.05) is 5.56 Å². The Morgan fingerprint density at radius 2 is 1.87 bits per heavy atom. The summed E-state index contributed by atoms with van der Waals surface area (Å²) in [7, 11) is 0. The number of carbonyl (C=O) groups is 1. The monoisotopic (exact) mass is 312 g/mol. The summed E-state index contributed by atoms with van der Waals surface area (Å²) in [6, 6.07) is 10.8. The Morgan fingerprint density at radius 1 is 1.22 bits per heavy atom. The number of aromatic hydroxyl groups is 1. The molecular weight excluding hydrogens is 292 g/mol. The molecule has 0 bridgehead atoms. The first-order chi connectivity index (χ1) is 11.0. The van der Waals surface area contributed by atoms with E-state index in [2.05, 4.69) is 10.5 Å². The van der Waals surface area contributed by atoms with E-state index < -0.39 is 0 Å². The smallest absolute Gasteiger partial charge is 0.277 e. The molecule has 2 aromatic carbocycles. The molecule has 2 N–H and O–H groups in total. The standard InChI is InChI=1S/C18H20N2O3/c1-12-8-13(2)18(14(3)9-12)23-11-17(22)20-19-10-15-6-4-5-7-16(15)21/h4-10,21H,11H2,1-3H3,(H,20,22)/b19-10-. The topological polar surface area (TPSA) is 70.9 Å². The van der Waals surface area contributed by atoms with Crippen molar-refractivity contribution in [3.8, 4) is 11.5 Å². The molecule has 0 atom stereocenters. The Balaban J connectivity index is 1.90. The van der Waals surface area contributed by atoms with Crippen LogP contribution in [0.1, 0.15) is 22.3 Å². The molecule has 5 heteroatoms. The molecule has 5 nitrogen and oxygen atoms in total. The van der Waals surface area contributed by atoms with Gasteiger partial charge in [-0.05, 0) is 44.0 Å². The summed E-state index contributed by atoms with van der Waals surface area (Å²) in [5, 5.41) is 13.4. The minimum atomic E-state index is -0.365. The minimum Gasteiger partial charge on any atom is -0.507 e. The summed E-state index contributed by atoms with van der Waals surface area (Å²) in [6.45, 7) is 5.79. The number of nitrogens with one attached hydrogen (secondary N) is 1. The van der Waals surface area contributed by atoms with Gasteiger partial charge in [0.2, 0.25) is 0 Å². The molecule has 2 aromatic rings. The lowest BCUT2D eigenvalue weighted by Gasteiger charge is -2.12. The fraction of sp³-hybridized carbons (Fsp3) is 0.222. The second-order valence-electron chi connectivity index (χ2n) is 5.37. The largest absolute Gasteiger partial charge is 0.507 e. The predicted molar refractivity (Wildman–Crippen MR) is 90.0 cm³/mol. The highest BCUT2D eigenvalue weighted by molar-refractivity contribution is 5.85. The number of amides is 1.